The Kier molecular flexibility index (Phi) is 2.69. The first kappa shape index (κ1) is 10.4. The molecule has 0 aliphatic carbocycles. The van der Waals surface area contributed by atoms with Crippen molar-refractivity contribution in [3.63, 3.8) is 0 Å². The van der Waals surface area contributed by atoms with Crippen LogP contribution in [0.5, 0.6) is 0 Å². The predicted molar refractivity (Wildman–Crippen MR) is 56.7 cm³/mol. The maximum Gasteiger partial charge on any atom is 0.248 e. The van der Waals surface area contributed by atoms with E-state index in [1.54, 1.807) is 16.8 Å². The van der Waals surface area contributed by atoms with E-state index in [1.807, 2.05) is 12.1 Å². The van der Waals surface area contributed by atoms with Gasteiger partial charge < -0.3 is 16.2 Å². The number of pyridine rings is 1. The Balaban J connectivity index is 2.07. The van der Waals surface area contributed by atoms with Crippen molar-refractivity contribution in [1.82, 2.24) is 14.6 Å². The largest absolute Gasteiger partial charge is 0.381 e. The molecule has 16 heavy (non-hydrogen) atoms. The van der Waals surface area contributed by atoms with Crippen LogP contribution >= 0.6 is 0 Å². The molecule has 4 N–H and O–H groups in total. The minimum Gasteiger partial charge on any atom is -0.381 e. The lowest BCUT2D eigenvalue weighted by atomic mass is 10.3. The molecular formula is C9H11N5O2. The summed E-state index contributed by atoms with van der Waals surface area (Å²) in [7, 11) is 0. The summed E-state index contributed by atoms with van der Waals surface area (Å²) in [4.78, 5) is 14.7. The number of aromatic nitrogens is 3. The number of nitrogens with two attached hydrogens (primary N) is 1. The smallest absolute Gasteiger partial charge is 0.248 e. The van der Waals surface area contributed by atoms with Crippen molar-refractivity contribution in [3.8, 4) is 0 Å². The first-order chi connectivity index (χ1) is 7.66. The normalized spacial score (nSPS) is 12.6. The molecule has 2 aromatic heterocycles. The van der Waals surface area contributed by atoms with Crippen molar-refractivity contribution in [2.24, 2.45) is 5.73 Å². The molecule has 84 valence electrons. The molecule has 2 aromatic rings. The van der Waals surface area contributed by atoms with Crippen molar-refractivity contribution >= 4 is 17.5 Å². The lowest BCUT2D eigenvalue weighted by Gasteiger charge is -2.05. The van der Waals surface area contributed by atoms with Crippen LogP contribution in [0.25, 0.3) is 5.65 Å². The molecule has 1 unspecified atom stereocenters. The van der Waals surface area contributed by atoms with Crippen LogP contribution in [0.15, 0.2) is 24.4 Å². The SMILES string of the molecule is NC(=O)C(O)CNc1nc2ccccn2n1. The molecule has 0 fully saturated rings. The highest BCUT2D eigenvalue weighted by atomic mass is 16.3. The summed E-state index contributed by atoms with van der Waals surface area (Å²) < 4.78 is 1.58. The number of hydrogen-bond donors (Lipinski definition) is 3. The van der Waals surface area contributed by atoms with Crippen molar-refractivity contribution in [2.75, 3.05) is 11.9 Å². The summed E-state index contributed by atoms with van der Waals surface area (Å²) in [6.07, 6.45) is 0.504. The van der Waals surface area contributed by atoms with Gasteiger partial charge in [-0.3, -0.25) is 4.79 Å². The molecule has 1 atom stereocenters. The third-order valence-corrected chi connectivity index (χ3v) is 2.02. The van der Waals surface area contributed by atoms with Gasteiger partial charge in [0.1, 0.15) is 6.10 Å². The maximum atomic E-state index is 10.6. The third-order valence-electron chi connectivity index (χ3n) is 2.02. The molecule has 0 bridgehead atoms. The standard InChI is InChI=1S/C9H11N5O2/c10-8(16)6(15)5-11-9-12-7-3-1-2-4-14(7)13-9/h1-4,6,15H,5H2,(H2,10,16)(H,11,13). The molecule has 0 aliphatic rings. The van der Waals surface area contributed by atoms with E-state index in [1.165, 1.54) is 0 Å². The van der Waals surface area contributed by atoms with Crippen LogP contribution < -0.4 is 11.1 Å². The molecule has 7 nitrogen and oxygen atoms in total. The fourth-order valence-electron chi connectivity index (χ4n) is 1.19. The second kappa shape index (κ2) is 4.15. The zero-order chi connectivity index (χ0) is 11.5. The summed E-state index contributed by atoms with van der Waals surface area (Å²) in [5.41, 5.74) is 5.58. The second-order valence-electron chi connectivity index (χ2n) is 3.24. The number of aliphatic hydroxyl groups excluding tert-OH is 1. The van der Waals surface area contributed by atoms with Crippen molar-refractivity contribution in [2.45, 2.75) is 6.10 Å². The number of nitrogens with zero attached hydrogens (tertiary/aromatic N) is 3. The fraction of sp³-hybridized carbons (Fsp3) is 0.222. The molecule has 2 heterocycles. The Bertz CT molecular complexity index is 476. The molecule has 0 saturated carbocycles. The van der Waals surface area contributed by atoms with Crippen molar-refractivity contribution in [3.05, 3.63) is 24.4 Å². The van der Waals surface area contributed by atoms with Gasteiger partial charge in [-0.2, -0.15) is 4.98 Å². The summed E-state index contributed by atoms with van der Waals surface area (Å²) in [5, 5.41) is 16.0. The number of amides is 1. The Labute approximate surface area is 90.9 Å². The molecule has 0 saturated heterocycles. The zero-order valence-electron chi connectivity index (χ0n) is 8.37. The maximum absolute atomic E-state index is 10.6. The Morgan fingerprint density at radius 3 is 3.12 bits per heavy atom. The van der Waals surface area contributed by atoms with E-state index in [0.717, 1.165) is 0 Å². The van der Waals surface area contributed by atoms with E-state index in [2.05, 4.69) is 15.4 Å². The molecule has 0 aromatic carbocycles. The Hall–Kier alpha value is -2.15. The van der Waals surface area contributed by atoms with Gasteiger partial charge in [0.25, 0.3) is 0 Å². The predicted octanol–water partition coefficient (Wildman–Crippen LogP) is -1.01. The van der Waals surface area contributed by atoms with Crippen LogP contribution in [0, 0.1) is 0 Å². The quantitative estimate of drug-likeness (QED) is 0.613. The minimum atomic E-state index is -1.24. The number of nitrogens with one attached hydrogen (secondary N) is 1. The first-order valence-corrected chi connectivity index (χ1v) is 4.69. The van der Waals surface area contributed by atoms with Gasteiger partial charge in [0.2, 0.25) is 11.9 Å². The third kappa shape index (κ3) is 2.09. The van der Waals surface area contributed by atoms with Gasteiger partial charge in [0.05, 0.1) is 6.54 Å². The number of aliphatic hydroxyl groups is 1. The fourth-order valence-corrected chi connectivity index (χ4v) is 1.19. The van der Waals surface area contributed by atoms with Gasteiger partial charge in [-0.05, 0) is 12.1 Å². The van der Waals surface area contributed by atoms with E-state index >= 15 is 0 Å². The molecule has 7 heteroatoms. The lowest BCUT2D eigenvalue weighted by Crippen LogP contribution is -2.34. The van der Waals surface area contributed by atoms with Crippen LogP contribution in [0.4, 0.5) is 5.95 Å². The van der Waals surface area contributed by atoms with Crippen LogP contribution in [0.3, 0.4) is 0 Å². The van der Waals surface area contributed by atoms with E-state index in [4.69, 9.17) is 10.8 Å². The minimum absolute atomic E-state index is 0.00772. The van der Waals surface area contributed by atoms with Gasteiger partial charge in [0, 0.05) is 6.20 Å². The van der Waals surface area contributed by atoms with Gasteiger partial charge in [-0.1, -0.05) is 6.07 Å². The number of anilines is 1. The highest BCUT2D eigenvalue weighted by molar-refractivity contribution is 5.79. The number of hydrogen-bond acceptors (Lipinski definition) is 5. The number of primary amides is 1. The summed E-state index contributed by atoms with van der Waals surface area (Å²) in [5.74, 6) is -0.442. The van der Waals surface area contributed by atoms with Crippen LogP contribution in [-0.2, 0) is 4.79 Å². The van der Waals surface area contributed by atoms with E-state index in [0.29, 0.717) is 11.6 Å². The van der Waals surface area contributed by atoms with E-state index < -0.39 is 12.0 Å². The number of fused-ring (bicyclic) bond motifs is 1. The van der Waals surface area contributed by atoms with Crippen LogP contribution in [0.2, 0.25) is 0 Å². The Morgan fingerprint density at radius 1 is 1.62 bits per heavy atom. The summed E-state index contributed by atoms with van der Waals surface area (Å²) in [6.45, 7) is -0.00772. The molecule has 1 amide bonds. The Morgan fingerprint density at radius 2 is 2.44 bits per heavy atom. The van der Waals surface area contributed by atoms with Gasteiger partial charge >= 0.3 is 0 Å². The monoisotopic (exact) mass is 221 g/mol. The second-order valence-corrected chi connectivity index (χ2v) is 3.24. The van der Waals surface area contributed by atoms with Gasteiger partial charge in [-0.25, -0.2) is 4.52 Å². The van der Waals surface area contributed by atoms with Gasteiger partial charge in [-0.15, -0.1) is 5.10 Å². The molecule has 0 aliphatic heterocycles. The molecule has 2 rings (SSSR count). The highest BCUT2D eigenvalue weighted by Crippen LogP contribution is 2.03. The summed E-state index contributed by atoms with van der Waals surface area (Å²) >= 11 is 0. The first-order valence-electron chi connectivity index (χ1n) is 4.69. The number of carbonyl (C=O) groups is 1. The van der Waals surface area contributed by atoms with E-state index in [9.17, 15) is 4.79 Å². The highest BCUT2D eigenvalue weighted by Gasteiger charge is 2.11. The average molecular weight is 221 g/mol. The summed E-state index contributed by atoms with van der Waals surface area (Å²) in [6, 6.07) is 5.46. The van der Waals surface area contributed by atoms with Crippen molar-refractivity contribution in [1.29, 1.82) is 0 Å². The van der Waals surface area contributed by atoms with E-state index in [-0.39, 0.29) is 6.54 Å². The molecule has 0 spiro atoms. The van der Waals surface area contributed by atoms with Gasteiger partial charge in [0.15, 0.2) is 5.65 Å². The van der Waals surface area contributed by atoms with Crippen LogP contribution in [-0.4, -0.2) is 38.3 Å². The topological polar surface area (TPSA) is 106 Å². The number of carbonyl (C=O) groups excluding carboxylic acids is 1. The number of rotatable bonds is 4. The van der Waals surface area contributed by atoms with Crippen LogP contribution in [0.1, 0.15) is 0 Å². The molecular weight excluding hydrogens is 210 g/mol. The van der Waals surface area contributed by atoms with Crippen molar-refractivity contribution < 1.29 is 9.90 Å². The molecule has 0 radical (unpaired) electrons. The average Bonchev–Trinajstić information content (AvgIpc) is 2.68. The lowest BCUT2D eigenvalue weighted by molar-refractivity contribution is -0.125. The zero-order valence-corrected chi connectivity index (χ0v) is 8.37.